The Balaban J connectivity index is 1.69. The summed E-state index contributed by atoms with van der Waals surface area (Å²) in [5, 5.41) is 23.6. The number of methoxy groups -OCH3 is 1. The van der Waals surface area contributed by atoms with Crippen molar-refractivity contribution in [3.05, 3.63) is 83.9 Å². The second-order valence-corrected chi connectivity index (χ2v) is 11.5. The molecule has 8 nitrogen and oxygen atoms in total. The molecule has 0 amide bonds. The smallest absolute Gasteiger partial charge is 0.317 e. The minimum atomic E-state index is -0.781. The topological polar surface area (TPSA) is 107 Å². The van der Waals surface area contributed by atoms with Gasteiger partial charge in [0.05, 0.1) is 30.4 Å². The SMILES string of the molecule is C=C(O)[C@@H](OC(C)(C)C)c1c(C)cc2cc(-c3cnc(O)nc3OC)ccc2c1-c1ccc2c3c(ccnc13)CCO2. The van der Waals surface area contributed by atoms with E-state index >= 15 is 0 Å². The van der Waals surface area contributed by atoms with Gasteiger partial charge < -0.3 is 24.4 Å². The standard InChI is InChI=1S/C34H33N3O5/c1-18-15-22-16-21(25-17-36-33(39)37-32(25)40-6)7-8-23(22)29(27(18)31(19(2)38)42-34(3,4)5)24-9-10-26-28-20(12-14-41-26)11-13-35-30(24)28/h7-11,13,15-17,31,38H,2,12,14H2,1,3-6H3,(H,36,37,39)/t31-/m1/s1. The van der Waals surface area contributed by atoms with Gasteiger partial charge in [0, 0.05) is 29.8 Å². The van der Waals surface area contributed by atoms with Crippen LogP contribution in [0.4, 0.5) is 0 Å². The molecule has 8 heteroatoms. The molecule has 0 saturated heterocycles. The fraction of sp³-hybridized carbons (Fsp3) is 0.265. The zero-order valence-corrected chi connectivity index (χ0v) is 24.4. The number of nitrogens with zero attached hydrogens (tertiary/aromatic N) is 3. The normalized spacial score (nSPS) is 13.6. The third-order valence-corrected chi connectivity index (χ3v) is 7.51. The molecule has 0 aliphatic carbocycles. The molecule has 42 heavy (non-hydrogen) atoms. The number of rotatable bonds is 6. The van der Waals surface area contributed by atoms with Crippen LogP contribution in [0, 0.1) is 6.92 Å². The van der Waals surface area contributed by atoms with Crippen LogP contribution in [-0.2, 0) is 11.2 Å². The van der Waals surface area contributed by atoms with Crippen LogP contribution >= 0.6 is 0 Å². The Morgan fingerprint density at radius 1 is 1.07 bits per heavy atom. The molecular weight excluding hydrogens is 530 g/mol. The number of aliphatic hydroxyl groups is 1. The number of aliphatic hydroxyl groups excluding tert-OH is 1. The molecule has 1 aliphatic rings. The predicted molar refractivity (Wildman–Crippen MR) is 163 cm³/mol. The van der Waals surface area contributed by atoms with Crippen molar-refractivity contribution in [3.8, 4) is 39.9 Å². The van der Waals surface area contributed by atoms with Crippen LogP contribution in [0.25, 0.3) is 43.9 Å². The highest BCUT2D eigenvalue weighted by molar-refractivity contribution is 6.09. The summed E-state index contributed by atoms with van der Waals surface area (Å²) in [7, 11) is 1.51. The quantitative estimate of drug-likeness (QED) is 0.206. The van der Waals surface area contributed by atoms with Crippen molar-refractivity contribution in [2.75, 3.05) is 13.7 Å². The van der Waals surface area contributed by atoms with Gasteiger partial charge in [-0.05, 0) is 90.6 Å². The summed E-state index contributed by atoms with van der Waals surface area (Å²) < 4.78 is 17.9. The number of ether oxygens (including phenoxy) is 3. The van der Waals surface area contributed by atoms with Crippen LogP contribution in [-0.4, -0.2) is 44.5 Å². The van der Waals surface area contributed by atoms with E-state index in [1.54, 1.807) is 6.20 Å². The van der Waals surface area contributed by atoms with Gasteiger partial charge in [0.25, 0.3) is 0 Å². The molecule has 0 unspecified atom stereocenters. The van der Waals surface area contributed by atoms with Crippen LogP contribution in [0.5, 0.6) is 17.6 Å². The third kappa shape index (κ3) is 4.77. The first-order chi connectivity index (χ1) is 20.1. The van der Waals surface area contributed by atoms with Crippen LogP contribution < -0.4 is 9.47 Å². The van der Waals surface area contributed by atoms with Gasteiger partial charge in [0.1, 0.15) is 17.6 Å². The molecule has 1 aliphatic heterocycles. The monoisotopic (exact) mass is 563 g/mol. The summed E-state index contributed by atoms with van der Waals surface area (Å²) in [5.41, 5.74) is 6.50. The molecule has 2 N–H and O–H groups in total. The van der Waals surface area contributed by atoms with E-state index in [4.69, 9.17) is 19.2 Å². The maximum atomic E-state index is 10.9. The zero-order chi connectivity index (χ0) is 29.8. The Bertz CT molecular complexity index is 1870. The zero-order valence-electron chi connectivity index (χ0n) is 24.4. The average Bonchev–Trinajstić information content (AvgIpc) is 2.95. The number of fused-ring (bicyclic) bond motifs is 1. The van der Waals surface area contributed by atoms with E-state index < -0.39 is 11.7 Å². The van der Waals surface area contributed by atoms with Crippen molar-refractivity contribution >= 4 is 21.7 Å². The first kappa shape index (κ1) is 27.5. The molecule has 214 valence electrons. The van der Waals surface area contributed by atoms with Crippen molar-refractivity contribution in [1.82, 2.24) is 15.0 Å². The molecule has 5 aromatic rings. The van der Waals surface area contributed by atoms with Gasteiger partial charge in [0.15, 0.2) is 0 Å². The summed E-state index contributed by atoms with van der Waals surface area (Å²) in [6.07, 6.45) is 3.41. The lowest BCUT2D eigenvalue weighted by Gasteiger charge is -2.31. The van der Waals surface area contributed by atoms with Crippen LogP contribution in [0.3, 0.4) is 0 Å². The number of benzene rings is 3. The molecule has 1 atom stereocenters. The van der Waals surface area contributed by atoms with Crippen molar-refractivity contribution in [1.29, 1.82) is 0 Å². The second kappa shape index (κ2) is 10.3. The fourth-order valence-corrected chi connectivity index (χ4v) is 5.82. The Kier molecular flexibility index (Phi) is 6.74. The highest BCUT2D eigenvalue weighted by Crippen LogP contribution is 2.46. The maximum absolute atomic E-state index is 10.9. The molecule has 6 rings (SSSR count). The van der Waals surface area contributed by atoms with Crippen molar-refractivity contribution in [2.24, 2.45) is 0 Å². The van der Waals surface area contributed by atoms with Gasteiger partial charge in [0.2, 0.25) is 5.88 Å². The van der Waals surface area contributed by atoms with E-state index in [2.05, 4.69) is 22.6 Å². The molecule has 0 fully saturated rings. The average molecular weight is 564 g/mol. The molecule has 2 aromatic heterocycles. The summed E-state index contributed by atoms with van der Waals surface area (Å²) >= 11 is 0. The largest absolute Gasteiger partial charge is 0.510 e. The lowest BCUT2D eigenvalue weighted by atomic mass is 9.84. The van der Waals surface area contributed by atoms with E-state index in [0.717, 1.165) is 61.7 Å². The predicted octanol–water partition coefficient (Wildman–Crippen LogP) is 7.40. The van der Waals surface area contributed by atoms with Crippen LogP contribution in [0.1, 0.15) is 43.6 Å². The molecule has 0 bridgehead atoms. The van der Waals surface area contributed by atoms with E-state index in [-0.39, 0.29) is 17.6 Å². The molecule has 0 saturated carbocycles. The number of pyridine rings is 1. The minimum Gasteiger partial charge on any atom is -0.510 e. The molecule has 3 heterocycles. The van der Waals surface area contributed by atoms with Crippen LogP contribution in [0.15, 0.2) is 67.2 Å². The Morgan fingerprint density at radius 3 is 2.62 bits per heavy atom. The number of hydrogen-bond donors (Lipinski definition) is 2. The minimum absolute atomic E-state index is 0.0738. The van der Waals surface area contributed by atoms with Crippen molar-refractivity contribution in [3.63, 3.8) is 0 Å². The van der Waals surface area contributed by atoms with Crippen molar-refractivity contribution < 1.29 is 24.4 Å². The number of aromatic hydroxyl groups is 1. The first-order valence-corrected chi connectivity index (χ1v) is 13.8. The van der Waals surface area contributed by atoms with Crippen LogP contribution in [0.2, 0.25) is 0 Å². The Labute approximate surface area is 244 Å². The summed E-state index contributed by atoms with van der Waals surface area (Å²) in [5.74, 6) is 1.02. The Morgan fingerprint density at radius 2 is 1.88 bits per heavy atom. The maximum Gasteiger partial charge on any atom is 0.317 e. The lowest BCUT2D eigenvalue weighted by molar-refractivity contribution is -0.0594. The molecular formula is C34H33N3O5. The molecule has 0 radical (unpaired) electrons. The fourth-order valence-electron chi connectivity index (χ4n) is 5.82. The third-order valence-electron chi connectivity index (χ3n) is 7.51. The lowest BCUT2D eigenvalue weighted by Crippen LogP contribution is -2.24. The van der Waals surface area contributed by atoms with Crippen molar-refractivity contribution in [2.45, 2.75) is 45.8 Å². The van der Waals surface area contributed by atoms with Gasteiger partial charge in [-0.2, -0.15) is 4.98 Å². The highest BCUT2D eigenvalue weighted by atomic mass is 16.5. The second-order valence-electron chi connectivity index (χ2n) is 11.5. The summed E-state index contributed by atoms with van der Waals surface area (Å²) in [6, 6.07) is 13.9. The van der Waals surface area contributed by atoms with Gasteiger partial charge in [-0.15, -0.1) is 0 Å². The number of aryl methyl sites for hydroxylation is 1. The van der Waals surface area contributed by atoms with Gasteiger partial charge >= 0.3 is 6.01 Å². The van der Waals surface area contributed by atoms with E-state index in [1.807, 2.05) is 70.3 Å². The van der Waals surface area contributed by atoms with Gasteiger partial charge in [-0.25, -0.2) is 4.98 Å². The van der Waals surface area contributed by atoms with E-state index in [9.17, 15) is 10.2 Å². The van der Waals surface area contributed by atoms with E-state index in [0.29, 0.717) is 12.2 Å². The number of aromatic nitrogens is 3. The summed E-state index contributed by atoms with van der Waals surface area (Å²) in [6.45, 7) is 12.4. The molecule has 0 spiro atoms. The Hall–Kier alpha value is -4.69. The number of hydrogen-bond acceptors (Lipinski definition) is 8. The van der Waals surface area contributed by atoms with E-state index in [1.165, 1.54) is 12.7 Å². The highest BCUT2D eigenvalue weighted by Gasteiger charge is 2.30. The van der Waals surface area contributed by atoms with Gasteiger partial charge in [-0.3, -0.25) is 4.98 Å². The van der Waals surface area contributed by atoms with Gasteiger partial charge in [-0.1, -0.05) is 24.8 Å². The summed E-state index contributed by atoms with van der Waals surface area (Å²) in [4.78, 5) is 12.9. The molecule has 3 aromatic carbocycles. The first-order valence-electron chi connectivity index (χ1n) is 13.8.